The van der Waals surface area contributed by atoms with Gasteiger partial charge in [0.15, 0.2) is 18.1 Å². The van der Waals surface area contributed by atoms with E-state index < -0.39 is 18.2 Å². The Morgan fingerprint density at radius 1 is 1.34 bits per heavy atom. The van der Waals surface area contributed by atoms with E-state index in [-0.39, 0.29) is 24.7 Å². The molecule has 1 aliphatic heterocycles. The fraction of sp³-hybridized carbons (Fsp3) is 0.591. The molecule has 2 N–H and O–H groups in total. The van der Waals surface area contributed by atoms with Crippen LogP contribution in [-0.2, 0) is 9.53 Å². The van der Waals surface area contributed by atoms with Gasteiger partial charge in [0.25, 0.3) is 0 Å². The minimum atomic E-state index is -0.627. The molecule has 160 valence electrons. The molecule has 29 heavy (non-hydrogen) atoms. The average molecular weight is 406 g/mol. The van der Waals surface area contributed by atoms with Crippen molar-refractivity contribution in [3.8, 4) is 17.2 Å². The Bertz CT molecular complexity index is 717. The summed E-state index contributed by atoms with van der Waals surface area (Å²) in [7, 11) is 1.30. The lowest BCUT2D eigenvalue weighted by molar-refractivity contribution is -0.143. The molecule has 1 fully saturated rings. The Morgan fingerprint density at radius 2 is 2.17 bits per heavy atom. The van der Waals surface area contributed by atoms with Crippen LogP contribution in [0.2, 0.25) is 0 Å². The number of hydrogen-bond donors (Lipinski definition) is 2. The third-order valence-corrected chi connectivity index (χ3v) is 5.37. The molecule has 0 saturated heterocycles. The topological polar surface area (TPSA) is 94.5 Å². The number of unbranched alkanes of at least 4 members (excludes halogenated alkanes) is 2. The van der Waals surface area contributed by atoms with E-state index in [1.807, 2.05) is 6.08 Å². The van der Waals surface area contributed by atoms with Crippen molar-refractivity contribution in [1.29, 1.82) is 0 Å². The summed E-state index contributed by atoms with van der Waals surface area (Å²) in [6, 6.07) is 5.21. The molecule has 1 saturated carbocycles. The third kappa shape index (κ3) is 5.22. The molecule has 0 amide bonds. The van der Waals surface area contributed by atoms with E-state index in [4.69, 9.17) is 14.2 Å². The van der Waals surface area contributed by atoms with Crippen LogP contribution >= 0.6 is 0 Å². The molecule has 0 aromatic heterocycles. The molecule has 7 heteroatoms. The molecule has 5 atom stereocenters. The molecule has 1 aliphatic carbocycles. The van der Waals surface area contributed by atoms with Gasteiger partial charge in [0.1, 0.15) is 12.2 Å². The van der Waals surface area contributed by atoms with Gasteiger partial charge in [-0.2, -0.15) is 0 Å². The summed E-state index contributed by atoms with van der Waals surface area (Å²) >= 11 is 0. The van der Waals surface area contributed by atoms with Crippen molar-refractivity contribution in [3.63, 3.8) is 0 Å². The molecule has 0 spiro atoms. The lowest BCUT2D eigenvalue weighted by Crippen LogP contribution is -2.39. The highest BCUT2D eigenvalue weighted by Crippen LogP contribution is 2.46. The largest absolute Gasteiger partial charge is 0.482 e. The first-order valence-corrected chi connectivity index (χ1v) is 10.2. The van der Waals surface area contributed by atoms with Crippen LogP contribution in [0, 0.1) is 5.92 Å². The Hall–Kier alpha value is -2.25. The predicted molar refractivity (Wildman–Crippen MR) is 106 cm³/mol. The van der Waals surface area contributed by atoms with Gasteiger partial charge in [-0.15, -0.1) is 0 Å². The number of benzene rings is 1. The summed E-state index contributed by atoms with van der Waals surface area (Å²) in [6.07, 6.45) is 6.05. The van der Waals surface area contributed by atoms with Gasteiger partial charge in [-0.1, -0.05) is 44.4 Å². The van der Waals surface area contributed by atoms with Crippen molar-refractivity contribution in [2.45, 2.75) is 63.4 Å². The van der Waals surface area contributed by atoms with E-state index in [0.717, 1.165) is 19.3 Å². The van der Waals surface area contributed by atoms with Crippen LogP contribution in [0.1, 0.15) is 39.0 Å². The summed E-state index contributed by atoms with van der Waals surface area (Å²) in [6.45, 7) is 1.90. The average Bonchev–Trinajstić information content (AvgIpc) is 3.02. The molecule has 1 aromatic carbocycles. The number of carbonyl (C=O) groups excluding carboxylic acids is 1. The Labute approximate surface area is 171 Å². The van der Waals surface area contributed by atoms with E-state index in [9.17, 15) is 15.0 Å². The Balaban J connectivity index is 1.68. The van der Waals surface area contributed by atoms with Gasteiger partial charge in [-0.3, -0.25) is 0 Å². The van der Waals surface area contributed by atoms with Gasteiger partial charge < -0.3 is 29.2 Å². The standard InChI is InChI=1S/C22H30O7/c1-3-4-5-7-14(23)10-11-15-16(24)12-19-21(15)28-18-9-6-8-17(22(18)29-19)27-13-20(25)26-2/h6,8-11,14-16,19,21,23-24H,3-5,7,12-13H2,1-2H3/b11-10+/t14-,15+,16-,19+,21-/m0/s1. The quantitative estimate of drug-likeness (QED) is 0.370. The van der Waals surface area contributed by atoms with Gasteiger partial charge in [0.2, 0.25) is 5.75 Å². The van der Waals surface area contributed by atoms with Crippen molar-refractivity contribution in [3.05, 3.63) is 30.4 Å². The number of para-hydroxylation sites is 1. The molecule has 7 nitrogen and oxygen atoms in total. The van der Waals surface area contributed by atoms with Gasteiger partial charge in [-0.25, -0.2) is 4.79 Å². The zero-order chi connectivity index (χ0) is 20.8. The van der Waals surface area contributed by atoms with E-state index in [1.165, 1.54) is 7.11 Å². The highest BCUT2D eigenvalue weighted by Gasteiger charge is 2.47. The highest BCUT2D eigenvalue weighted by atomic mass is 16.6. The van der Waals surface area contributed by atoms with Crippen LogP contribution in [0.15, 0.2) is 30.4 Å². The van der Waals surface area contributed by atoms with E-state index in [1.54, 1.807) is 24.3 Å². The van der Waals surface area contributed by atoms with Crippen LogP contribution in [0.4, 0.5) is 0 Å². The molecule has 1 aromatic rings. The first-order chi connectivity index (χ1) is 14.0. The first kappa shape index (κ1) is 21.5. The maximum Gasteiger partial charge on any atom is 0.343 e. The van der Waals surface area contributed by atoms with Crippen LogP contribution in [-0.4, -0.2) is 54.3 Å². The summed E-state index contributed by atoms with van der Waals surface area (Å²) in [4.78, 5) is 11.4. The first-order valence-electron chi connectivity index (χ1n) is 10.2. The summed E-state index contributed by atoms with van der Waals surface area (Å²) in [5, 5.41) is 20.7. The van der Waals surface area contributed by atoms with E-state index >= 15 is 0 Å². The normalized spacial score (nSPS) is 26.2. The zero-order valence-electron chi connectivity index (χ0n) is 17.0. The number of hydrogen-bond acceptors (Lipinski definition) is 7. The minimum absolute atomic E-state index is 0.228. The van der Waals surface area contributed by atoms with Crippen molar-refractivity contribution in [2.24, 2.45) is 5.92 Å². The molecular formula is C22H30O7. The molecule has 1 heterocycles. The van der Waals surface area contributed by atoms with Gasteiger partial charge >= 0.3 is 5.97 Å². The van der Waals surface area contributed by atoms with Crippen LogP contribution in [0.3, 0.4) is 0 Å². The smallest absolute Gasteiger partial charge is 0.343 e. The van der Waals surface area contributed by atoms with Crippen molar-refractivity contribution >= 4 is 5.97 Å². The van der Waals surface area contributed by atoms with Crippen LogP contribution < -0.4 is 14.2 Å². The maximum absolute atomic E-state index is 11.4. The Kier molecular flexibility index (Phi) is 7.39. The Morgan fingerprint density at radius 3 is 2.93 bits per heavy atom. The molecule has 0 bridgehead atoms. The van der Waals surface area contributed by atoms with Crippen LogP contribution in [0.25, 0.3) is 0 Å². The van der Waals surface area contributed by atoms with Crippen molar-refractivity contribution in [2.75, 3.05) is 13.7 Å². The molecule has 0 radical (unpaired) electrons. The summed E-state index contributed by atoms with van der Waals surface area (Å²) in [5.74, 6) is 0.565. The monoisotopic (exact) mass is 406 g/mol. The van der Waals surface area contributed by atoms with Crippen LogP contribution in [0.5, 0.6) is 17.2 Å². The van der Waals surface area contributed by atoms with Crippen molar-refractivity contribution in [1.82, 2.24) is 0 Å². The number of rotatable bonds is 9. The minimum Gasteiger partial charge on any atom is -0.482 e. The summed E-state index contributed by atoms with van der Waals surface area (Å²) in [5.41, 5.74) is 0. The number of methoxy groups -OCH3 is 1. The second-order valence-corrected chi connectivity index (χ2v) is 7.52. The maximum atomic E-state index is 11.4. The fourth-order valence-corrected chi connectivity index (χ4v) is 3.77. The number of aliphatic hydroxyl groups is 2. The number of esters is 1. The van der Waals surface area contributed by atoms with Crippen molar-refractivity contribution < 1.29 is 34.0 Å². The fourth-order valence-electron chi connectivity index (χ4n) is 3.77. The highest BCUT2D eigenvalue weighted by molar-refractivity contribution is 5.71. The number of carbonyl (C=O) groups is 1. The molecular weight excluding hydrogens is 376 g/mol. The molecule has 2 aliphatic rings. The number of aliphatic hydroxyl groups excluding tert-OH is 2. The van der Waals surface area contributed by atoms with E-state index in [0.29, 0.717) is 30.1 Å². The van der Waals surface area contributed by atoms with Gasteiger partial charge in [-0.05, 0) is 18.6 Å². The van der Waals surface area contributed by atoms with Gasteiger partial charge in [0.05, 0.1) is 19.3 Å². The second-order valence-electron chi connectivity index (χ2n) is 7.52. The number of ether oxygens (including phenoxy) is 4. The predicted octanol–water partition coefficient (Wildman–Crippen LogP) is 2.63. The molecule has 0 unspecified atom stereocenters. The lowest BCUT2D eigenvalue weighted by atomic mass is 10.00. The zero-order valence-corrected chi connectivity index (χ0v) is 17.0. The number of fused-ring (bicyclic) bond motifs is 2. The summed E-state index contributed by atoms with van der Waals surface area (Å²) < 4.78 is 22.3. The second kappa shape index (κ2) is 9.98. The third-order valence-electron chi connectivity index (χ3n) is 5.37. The lowest BCUT2D eigenvalue weighted by Gasteiger charge is -2.32. The SMILES string of the molecule is CCCCC[C@H](O)/C=C/[C@H]1[C@@H]2Oc3cccc(OCC(=O)OC)c3O[C@@H]2C[C@@H]1O. The van der Waals surface area contributed by atoms with Gasteiger partial charge in [0, 0.05) is 12.3 Å². The van der Waals surface area contributed by atoms with E-state index in [2.05, 4.69) is 11.7 Å². The molecule has 3 rings (SSSR count).